The van der Waals surface area contributed by atoms with Gasteiger partial charge in [0.2, 0.25) is 12.2 Å². The van der Waals surface area contributed by atoms with E-state index in [1.54, 1.807) is 0 Å². The summed E-state index contributed by atoms with van der Waals surface area (Å²) in [4.78, 5) is 19.7. The van der Waals surface area contributed by atoms with Crippen molar-refractivity contribution in [3.63, 3.8) is 0 Å². The van der Waals surface area contributed by atoms with Crippen LogP contribution in [0, 0.1) is 12.3 Å². The van der Waals surface area contributed by atoms with Gasteiger partial charge in [0.25, 0.3) is 0 Å². The molecular formula is C30H35N5O3. The van der Waals surface area contributed by atoms with E-state index in [-0.39, 0.29) is 11.3 Å². The number of aromatic amines is 1. The van der Waals surface area contributed by atoms with Gasteiger partial charge in [0.05, 0.1) is 24.6 Å². The Labute approximate surface area is 223 Å². The Kier molecular flexibility index (Phi) is 7.72. The Morgan fingerprint density at radius 1 is 1.05 bits per heavy atom. The number of carbonyl (C=O) groups excluding carboxylic acids is 1. The van der Waals surface area contributed by atoms with Crippen LogP contribution in [0.25, 0.3) is 22.5 Å². The summed E-state index contributed by atoms with van der Waals surface area (Å²) in [6.45, 7) is 7.72. The number of benzene rings is 2. The fraction of sp³-hybridized carbons (Fsp3) is 0.367. The first-order valence-corrected chi connectivity index (χ1v) is 13.2. The van der Waals surface area contributed by atoms with Crippen LogP contribution in [0.15, 0.2) is 66.7 Å². The number of amides is 1. The molecule has 2 aromatic carbocycles. The summed E-state index contributed by atoms with van der Waals surface area (Å²) in [5.41, 5.74) is 4.95. The monoisotopic (exact) mass is 513 g/mol. The van der Waals surface area contributed by atoms with E-state index < -0.39 is 6.29 Å². The molecule has 5 rings (SSSR count). The van der Waals surface area contributed by atoms with E-state index in [0.717, 1.165) is 54.0 Å². The molecule has 4 aromatic rings. The average molecular weight is 514 g/mol. The van der Waals surface area contributed by atoms with Crippen molar-refractivity contribution >= 4 is 11.7 Å². The number of nitrogens with one attached hydrogen (secondary N) is 2. The fourth-order valence-electron chi connectivity index (χ4n) is 4.86. The van der Waals surface area contributed by atoms with Gasteiger partial charge >= 0.3 is 0 Å². The number of aryl methyl sites for hydroxylation is 2. The first kappa shape index (κ1) is 25.9. The molecule has 0 unspecified atom stereocenters. The Bertz CT molecular complexity index is 1300. The molecule has 2 N–H and O–H groups in total. The van der Waals surface area contributed by atoms with E-state index in [9.17, 15) is 4.79 Å². The fourth-order valence-corrected chi connectivity index (χ4v) is 4.86. The summed E-state index contributed by atoms with van der Waals surface area (Å²) < 4.78 is 14.4. The van der Waals surface area contributed by atoms with Crippen LogP contribution in [0.1, 0.15) is 50.9 Å². The van der Waals surface area contributed by atoms with Gasteiger partial charge in [-0.25, -0.2) is 4.98 Å². The van der Waals surface area contributed by atoms with Crippen molar-refractivity contribution in [3.05, 3.63) is 78.2 Å². The molecule has 198 valence electrons. The molecule has 0 aliphatic carbocycles. The number of unbranched alkanes of at least 4 members (excludes halogenated alkanes) is 1. The molecule has 1 fully saturated rings. The molecular weight excluding hydrogens is 478 g/mol. The molecule has 0 spiro atoms. The van der Waals surface area contributed by atoms with Crippen LogP contribution < -0.4 is 5.32 Å². The minimum Gasteiger partial charge on any atom is -0.345 e. The Balaban J connectivity index is 1.19. The van der Waals surface area contributed by atoms with Crippen molar-refractivity contribution in [2.24, 2.45) is 5.41 Å². The molecule has 1 aliphatic rings. The number of H-pyrrole nitrogens is 1. The topological polar surface area (TPSA) is 94.1 Å². The van der Waals surface area contributed by atoms with Crippen LogP contribution >= 0.6 is 0 Å². The molecule has 8 heteroatoms. The van der Waals surface area contributed by atoms with Crippen LogP contribution in [0.5, 0.6) is 0 Å². The first-order valence-electron chi connectivity index (χ1n) is 13.2. The lowest BCUT2D eigenvalue weighted by molar-refractivity contribution is -0.235. The summed E-state index contributed by atoms with van der Waals surface area (Å²) >= 11 is 0. The van der Waals surface area contributed by atoms with E-state index in [2.05, 4.69) is 46.6 Å². The van der Waals surface area contributed by atoms with Crippen LogP contribution in [-0.4, -0.2) is 38.9 Å². The van der Waals surface area contributed by atoms with Crippen molar-refractivity contribution in [1.82, 2.24) is 19.7 Å². The van der Waals surface area contributed by atoms with Crippen molar-refractivity contribution in [2.75, 3.05) is 18.5 Å². The zero-order valence-electron chi connectivity index (χ0n) is 22.2. The maximum Gasteiger partial charge on any atom is 0.222 e. The SMILES string of the molecule is CC(=O)Nc1cc(C)n(CCCCC2(C)COC(c3nc(-c4ccccc4)c(-c4ccccc4)[nH]3)OC2)n1. The second-order valence-electron chi connectivity index (χ2n) is 10.4. The van der Waals surface area contributed by atoms with Gasteiger partial charge in [0, 0.05) is 41.8 Å². The molecule has 38 heavy (non-hydrogen) atoms. The third-order valence-corrected chi connectivity index (χ3v) is 6.91. The molecule has 3 heterocycles. The molecule has 1 saturated heterocycles. The number of ether oxygens (including phenoxy) is 2. The first-order chi connectivity index (χ1) is 18.4. The number of hydrogen-bond acceptors (Lipinski definition) is 5. The minimum atomic E-state index is -0.526. The molecule has 0 bridgehead atoms. The summed E-state index contributed by atoms with van der Waals surface area (Å²) in [7, 11) is 0. The van der Waals surface area contributed by atoms with Crippen LogP contribution in [0.4, 0.5) is 5.82 Å². The molecule has 0 atom stereocenters. The smallest absolute Gasteiger partial charge is 0.222 e. The number of imidazole rings is 1. The molecule has 0 radical (unpaired) electrons. The number of nitrogens with zero attached hydrogens (tertiary/aromatic N) is 3. The predicted octanol–water partition coefficient (Wildman–Crippen LogP) is 6.13. The normalized spacial score (nSPS) is 19.4. The van der Waals surface area contributed by atoms with Gasteiger partial charge in [-0.3, -0.25) is 9.48 Å². The highest BCUT2D eigenvalue weighted by molar-refractivity contribution is 5.87. The third kappa shape index (κ3) is 6.03. The van der Waals surface area contributed by atoms with Crippen molar-refractivity contribution < 1.29 is 14.3 Å². The highest BCUT2D eigenvalue weighted by atomic mass is 16.7. The molecule has 1 aliphatic heterocycles. The van der Waals surface area contributed by atoms with E-state index in [4.69, 9.17) is 14.5 Å². The Morgan fingerprint density at radius 2 is 1.71 bits per heavy atom. The Hall–Kier alpha value is -3.75. The van der Waals surface area contributed by atoms with Gasteiger partial charge in [-0.05, 0) is 19.8 Å². The largest absolute Gasteiger partial charge is 0.345 e. The summed E-state index contributed by atoms with van der Waals surface area (Å²) in [6, 6.07) is 22.3. The molecule has 1 amide bonds. The standard InChI is InChI=1S/C30H35N5O3/c1-21-18-25(31-22(2)36)34-35(21)17-11-10-16-30(3)19-37-29(38-20-30)28-32-26(23-12-6-4-7-13-23)27(33-28)24-14-8-5-9-15-24/h4-9,12-15,18,29H,10-11,16-17,19-20H2,1-3H3,(H,32,33)(H,31,34,36). The van der Waals surface area contributed by atoms with Crippen LogP contribution in [0.2, 0.25) is 0 Å². The molecule has 2 aromatic heterocycles. The summed E-state index contributed by atoms with van der Waals surface area (Å²) in [5, 5.41) is 7.22. The average Bonchev–Trinajstić information content (AvgIpc) is 3.51. The molecule has 8 nitrogen and oxygen atoms in total. The summed E-state index contributed by atoms with van der Waals surface area (Å²) in [6.07, 6.45) is 2.48. The zero-order chi connectivity index (χ0) is 26.5. The van der Waals surface area contributed by atoms with Gasteiger partial charge < -0.3 is 19.8 Å². The van der Waals surface area contributed by atoms with Crippen molar-refractivity contribution in [1.29, 1.82) is 0 Å². The predicted molar refractivity (Wildman–Crippen MR) is 147 cm³/mol. The van der Waals surface area contributed by atoms with Crippen molar-refractivity contribution in [2.45, 2.75) is 52.9 Å². The summed E-state index contributed by atoms with van der Waals surface area (Å²) in [5.74, 6) is 1.18. The lowest BCUT2D eigenvalue weighted by Gasteiger charge is -2.36. The lowest BCUT2D eigenvalue weighted by Crippen LogP contribution is -2.36. The van der Waals surface area contributed by atoms with Crippen LogP contribution in [-0.2, 0) is 20.8 Å². The second-order valence-corrected chi connectivity index (χ2v) is 10.4. The van der Waals surface area contributed by atoms with Gasteiger partial charge in [0.1, 0.15) is 0 Å². The lowest BCUT2D eigenvalue weighted by atomic mass is 9.86. The van der Waals surface area contributed by atoms with E-state index in [0.29, 0.717) is 24.9 Å². The zero-order valence-corrected chi connectivity index (χ0v) is 22.2. The maximum atomic E-state index is 11.3. The highest BCUT2D eigenvalue weighted by Crippen LogP contribution is 2.37. The van der Waals surface area contributed by atoms with Gasteiger partial charge in [-0.15, -0.1) is 0 Å². The van der Waals surface area contributed by atoms with E-state index >= 15 is 0 Å². The third-order valence-electron chi connectivity index (χ3n) is 6.91. The number of anilines is 1. The number of rotatable bonds is 9. The van der Waals surface area contributed by atoms with Crippen LogP contribution in [0.3, 0.4) is 0 Å². The second kappa shape index (κ2) is 11.3. The maximum absolute atomic E-state index is 11.3. The highest BCUT2D eigenvalue weighted by Gasteiger charge is 2.34. The Morgan fingerprint density at radius 3 is 2.37 bits per heavy atom. The molecule has 0 saturated carbocycles. The van der Waals surface area contributed by atoms with E-state index in [1.165, 1.54) is 6.92 Å². The van der Waals surface area contributed by atoms with E-state index in [1.807, 2.05) is 54.1 Å². The number of aromatic nitrogens is 4. The quantitative estimate of drug-likeness (QED) is 0.263. The minimum absolute atomic E-state index is 0.0614. The number of hydrogen-bond donors (Lipinski definition) is 2. The van der Waals surface area contributed by atoms with Gasteiger partial charge in [-0.2, -0.15) is 5.10 Å². The van der Waals surface area contributed by atoms with Crippen molar-refractivity contribution in [3.8, 4) is 22.5 Å². The number of carbonyl (C=O) groups is 1. The van der Waals surface area contributed by atoms with Gasteiger partial charge in [0.15, 0.2) is 11.6 Å². The van der Waals surface area contributed by atoms with Gasteiger partial charge in [-0.1, -0.05) is 74.0 Å².